The van der Waals surface area contributed by atoms with Crippen LogP contribution in [0.2, 0.25) is 5.02 Å². The smallest absolute Gasteiger partial charge is 0.277 e. The number of ether oxygens (including phenoxy) is 1. The van der Waals surface area contributed by atoms with Gasteiger partial charge >= 0.3 is 0 Å². The number of Topliss-reactive ketones (excluding diaryl/α,β-unsaturated/α-hetero) is 1. The van der Waals surface area contributed by atoms with Crippen LogP contribution < -0.4 is 4.74 Å². The van der Waals surface area contributed by atoms with Crippen molar-refractivity contribution in [2.75, 3.05) is 12.4 Å². The molecule has 0 aliphatic carbocycles. The van der Waals surface area contributed by atoms with Crippen molar-refractivity contribution in [3.8, 4) is 17.2 Å². The second kappa shape index (κ2) is 8.18. The van der Waals surface area contributed by atoms with Crippen LogP contribution in [-0.4, -0.2) is 28.3 Å². The average molecular weight is 375 g/mol. The van der Waals surface area contributed by atoms with E-state index in [4.69, 9.17) is 20.8 Å². The van der Waals surface area contributed by atoms with Gasteiger partial charge in [-0.2, -0.15) is 0 Å². The summed E-state index contributed by atoms with van der Waals surface area (Å²) in [4.78, 5) is 12.2. The van der Waals surface area contributed by atoms with Crippen molar-refractivity contribution < 1.29 is 13.9 Å². The van der Waals surface area contributed by atoms with Gasteiger partial charge in [-0.25, -0.2) is 0 Å². The van der Waals surface area contributed by atoms with Gasteiger partial charge in [0.05, 0.1) is 12.4 Å². The van der Waals surface area contributed by atoms with E-state index in [1.165, 1.54) is 11.8 Å². The zero-order valence-electron chi connectivity index (χ0n) is 13.4. The number of halogens is 1. The van der Waals surface area contributed by atoms with E-state index in [9.17, 15) is 4.79 Å². The first-order valence-corrected chi connectivity index (χ1v) is 9.00. The highest BCUT2D eigenvalue weighted by molar-refractivity contribution is 7.99. The first kappa shape index (κ1) is 17.5. The van der Waals surface area contributed by atoms with Gasteiger partial charge in [-0.05, 0) is 55.5 Å². The number of thioether (sulfide) groups is 1. The van der Waals surface area contributed by atoms with Crippen molar-refractivity contribution in [1.82, 2.24) is 10.2 Å². The quantitative estimate of drug-likeness (QED) is 0.438. The molecule has 128 valence electrons. The minimum atomic E-state index is -0.0145. The van der Waals surface area contributed by atoms with Gasteiger partial charge in [0.2, 0.25) is 5.89 Å². The first-order chi connectivity index (χ1) is 12.2. The predicted octanol–water partition coefficient (Wildman–Crippen LogP) is 4.76. The van der Waals surface area contributed by atoms with Crippen LogP contribution in [0.3, 0.4) is 0 Å². The molecule has 25 heavy (non-hydrogen) atoms. The molecule has 0 bridgehead atoms. The molecule has 0 radical (unpaired) electrons. The van der Waals surface area contributed by atoms with Crippen LogP contribution in [0.15, 0.2) is 58.2 Å². The summed E-state index contributed by atoms with van der Waals surface area (Å²) in [6.07, 6.45) is 0. The number of carbonyl (C=O) groups excluding carboxylic acids is 1. The van der Waals surface area contributed by atoms with Gasteiger partial charge in [0.1, 0.15) is 5.75 Å². The summed E-state index contributed by atoms with van der Waals surface area (Å²) in [5.74, 6) is 1.35. The second-order valence-corrected chi connectivity index (χ2v) is 6.41. The normalized spacial score (nSPS) is 10.6. The monoisotopic (exact) mass is 374 g/mol. The molecule has 3 rings (SSSR count). The number of hydrogen-bond donors (Lipinski definition) is 0. The van der Waals surface area contributed by atoms with E-state index in [0.717, 1.165) is 11.3 Å². The lowest BCUT2D eigenvalue weighted by atomic mass is 10.1. The third-order valence-electron chi connectivity index (χ3n) is 3.31. The molecule has 7 heteroatoms. The summed E-state index contributed by atoms with van der Waals surface area (Å²) in [6.45, 7) is 2.51. The van der Waals surface area contributed by atoms with Crippen molar-refractivity contribution in [2.24, 2.45) is 0 Å². The largest absolute Gasteiger partial charge is 0.494 e. The highest BCUT2D eigenvalue weighted by Gasteiger charge is 2.12. The Morgan fingerprint density at radius 1 is 1.12 bits per heavy atom. The van der Waals surface area contributed by atoms with Crippen molar-refractivity contribution in [2.45, 2.75) is 12.1 Å². The Labute approximate surface area is 154 Å². The van der Waals surface area contributed by atoms with Crippen molar-refractivity contribution >= 4 is 29.1 Å². The molecular formula is C18H15ClN2O3S. The molecule has 0 unspecified atom stereocenters. The molecular weight excluding hydrogens is 360 g/mol. The van der Waals surface area contributed by atoms with E-state index in [2.05, 4.69) is 10.2 Å². The Morgan fingerprint density at radius 3 is 2.52 bits per heavy atom. The van der Waals surface area contributed by atoms with Crippen molar-refractivity contribution in [3.05, 3.63) is 59.1 Å². The number of hydrogen-bond acceptors (Lipinski definition) is 6. The highest BCUT2D eigenvalue weighted by Crippen LogP contribution is 2.25. The first-order valence-electron chi connectivity index (χ1n) is 7.64. The zero-order valence-corrected chi connectivity index (χ0v) is 15.0. The topological polar surface area (TPSA) is 65.2 Å². The van der Waals surface area contributed by atoms with Crippen molar-refractivity contribution in [1.29, 1.82) is 0 Å². The maximum Gasteiger partial charge on any atom is 0.277 e. The van der Waals surface area contributed by atoms with Gasteiger partial charge in [0, 0.05) is 16.1 Å². The van der Waals surface area contributed by atoms with Gasteiger partial charge in [-0.3, -0.25) is 4.79 Å². The van der Waals surface area contributed by atoms with E-state index < -0.39 is 0 Å². The summed E-state index contributed by atoms with van der Waals surface area (Å²) in [7, 11) is 0. The molecule has 0 atom stereocenters. The number of nitrogens with zero attached hydrogens (tertiary/aromatic N) is 2. The van der Waals surface area contributed by atoms with Gasteiger partial charge in [-0.15, -0.1) is 10.2 Å². The average Bonchev–Trinajstić information content (AvgIpc) is 3.10. The molecule has 0 saturated heterocycles. The fraction of sp³-hybridized carbons (Fsp3) is 0.167. The van der Waals surface area contributed by atoms with Crippen LogP contribution in [0.25, 0.3) is 11.5 Å². The minimum absolute atomic E-state index is 0.0145. The lowest BCUT2D eigenvalue weighted by Gasteiger charge is -2.03. The van der Waals surface area contributed by atoms with E-state index in [1.807, 2.05) is 6.92 Å². The van der Waals surface area contributed by atoms with Crippen molar-refractivity contribution in [3.63, 3.8) is 0 Å². The van der Waals surface area contributed by atoms with Crippen LogP contribution in [0.5, 0.6) is 5.75 Å². The van der Waals surface area contributed by atoms with Crippen LogP contribution in [0.1, 0.15) is 17.3 Å². The Bertz CT molecular complexity index is 848. The van der Waals surface area contributed by atoms with Gasteiger partial charge in [0.15, 0.2) is 5.78 Å². The second-order valence-electron chi connectivity index (χ2n) is 5.05. The third kappa shape index (κ3) is 4.61. The third-order valence-corrected chi connectivity index (χ3v) is 4.38. The maximum atomic E-state index is 12.2. The molecule has 0 fully saturated rings. The lowest BCUT2D eigenvalue weighted by molar-refractivity contribution is 0.102. The molecule has 0 spiro atoms. The number of rotatable bonds is 7. The Morgan fingerprint density at radius 2 is 1.84 bits per heavy atom. The minimum Gasteiger partial charge on any atom is -0.494 e. The summed E-state index contributed by atoms with van der Waals surface area (Å²) in [6, 6.07) is 14.2. The Balaban J connectivity index is 1.60. The molecule has 3 aromatic rings. The van der Waals surface area contributed by atoms with Gasteiger partial charge < -0.3 is 9.15 Å². The fourth-order valence-corrected chi connectivity index (χ4v) is 2.88. The Kier molecular flexibility index (Phi) is 5.73. The Hall–Kier alpha value is -2.31. The number of carbonyl (C=O) groups is 1. The van der Waals surface area contributed by atoms with E-state index in [1.54, 1.807) is 48.5 Å². The summed E-state index contributed by atoms with van der Waals surface area (Å²) >= 11 is 7.07. The molecule has 2 aromatic carbocycles. The van der Waals surface area contributed by atoms with Crippen LogP contribution in [-0.2, 0) is 0 Å². The zero-order chi connectivity index (χ0) is 17.6. The van der Waals surface area contributed by atoms with Crippen LogP contribution in [0.4, 0.5) is 0 Å². The number of ketones is 1. The number of benzene rings is 2. The summed E-state index contributed by atoms with van der Waals surface area (Å²) < 4.78 is 10.9. The fourth-order valence-electron chi connectivity index (χ4n) is 2.09. The molecule has 0 aliphatic rings. The number of aromatic nitrogens is 2. The predicted molar refractivity (Wildman–Crippen MR) is 97.4 cm³/mol. The molecule has 1 aromatic heterocycles. The van der Waals surface area contributed by atoms with E-state index >= 15 is 0 Å². The SMILES string of the molecule is CCOc1ccc(C(=O)CSc2nnc(-c3ccc(Cl)cc3)o2)cc1. The summed E-state index contributed by atoms with van der Waals surface area (Å²) in [5.41, 5.74) is 1.40. The highest BCUT2D eigenvalue weighted by atomic mass is 35.5. The lowest BCUT2D eigenvalue weighted by Crippen LogP contribution is -2.02. The standard InChI is InChI=1S/C18H15ClN2O3S/c1-2-23-15-9-5-12(6-10-15)16(22)11-25-18-21-20-17(24-18)13-3-7-14(19)8-4-13/h3-10H,2,11H2,1H3. The molecule has 1 heterocycles. The molecule has 0 N–H and O–H groups in total. The van der Waals surface area contributed by atoms with Gasteiger partial charge in [0.25, 0.3) is 5.22 Å². The molecule has 0 saturated carbocycles. The van der Waals surface area contributed by atoms with Crippen LogP contribution >= 0.6 is 23.4 Å². The molecule has 0 amide bonds. The van der Waals surface area contributed by atoms with Crippen LogP contribution in [0, 0.1) is 0 Å². The van der Waals surface area contributed by atoms with E-state index in [0.29, 0.717) is 28.3 Å². The maximum absolute atomic E-state index is 12.2. The molecule has 0 aliphatic heterocycles. The van der Waals surface area contributed by atoms with Gasteiger partial charge in [-0.1, -0.05) is 23.4 Å². The van der Waals surface area contributed by atoms with E-state index in [-0.39, 0.29) is 11.5 Å². The molecule has 5 nitrogen and oxygen atoms in total. The summed E-state index contributed by atoms with van der Waals surface area (Å²) in [5, 5.41) is 8.94.